The van der Waals surface area contributed by atoms with Crippen molar-refractivity contribution in [3.63, 3.8) is 0 Å². The summed E-state index contributed by atoms with van der Waals surface area (Å²) in [5.41, 5.74) is 0.706. The summed E-state index contributed by atoms with van der Waals surface area (Å²) in [6.07, 6.45) is 7.26. The minimum Gasteiger partial charge on any atom is -0.354 e. The minimum atomic E-state index is -0.157. The molecule has 1 aliphatic heterocycles. The summed E-state index contributed by atoms with van der Waals surface area (Å²) >= 11 is 1.31. The van der Waals surface area contributed by atoms with Crippen LogP contribution in [-0.2, 0) is 17.8 Å². The predicted molar refractivity (Wildman–Crippen MR) is 123 cm³/mol. The van der Waals surface area contributed by atoms with Crippen LogP contribution in [0.15, 0.2) is 4.79 Å². The zero-order chi connectivity index (χ0) is 22.1. The van der Waals surface area contributed by atoms with Gasteiger partial charge in [0, 0.05) is 31.0 Å². The largest absolute Gasteiger partial charge is 0.354 e. The van der Waals surface area contributed by atoms with Crippen molar-refractivity contribution in [1.29, 1.82) is 0 Å². The SMILES string of the molecule is Cc1c(C(=O)NC2CCCC(C(=O)NC(C)C)C2)sc2nc3n(c(=O)c12)CCCCC3. The predicted octanol–water partition coefficient (Wildman–Crippen LogP) is 3.31. The summed E-state index contributed by atoms with van der Waals surface area (Å²) in [5.74, 6) is 0.696. The standard InChI is InChI=1S/C23H32N4O3S/c1-13(2)24-20(28)15-8-7-9-16(12-15)25-21(29)19-14(3)18-22(31-19)26-17-10-5-4-6-11-27(17)23(18)30/h13,15-16H,4-12H2,1-3H3,(H,24,28)(H,25,29). The lowest BCUT2D eigenvalue weighted by atomic mass is 9.85. The molecule has 8 heteroatoms. The van der Waals surface area contributed by atoms with Crippen molar-refractivity contribution < 1.29 is 9.59 Å². The molecule has 0 bridgehead atoms. The van der Waals surface area contributed by atoms with Crippen LogP contribution in [0.2, 0.25) is 0 Å². The van der Waals surface area contributed by atoms with Gasteiger partial charge in [0.15, 0.2) is 0 Å². The van der Waals surface area contributed by atoms with Gasteiger partial charge < -0.3 is 10.6 Å². The van der Waals surface area contributed by atoms with Gasteiger partial charge in [-0.3, -0.25) is 19.0 Å². The molecule has 2 aromatic heterocycles. The van der Waals surface area contributed by atoms with E-state index in [2.05, 4.69) is 10.6 Å². The first-order valence-electron chi connectivity index (χ1n) is 11.5. The molecule has 4 rings (SSSR count). The molecule has 0 saturated heterocycles. The van der Waals surface area contributed by atoms with Gasteiger partial charge >= 0.3 is 0 Å². The van der Waals surface area contributed by atoms with E-state index in [9.17, 15) is 14.4 Å². The fourth-order valence-electron chi connectivity index (χ4n) is 4.84. The minimum absolute atomic E-state index is 0.0159. The smallest absolute Gasteiger partial charge is 0.262 e. The van der Waals surface area contributed by atoms with Gasteiger partial charge in [-0.05, 0) is 58.4 Å². The molecule has 2 aromatic rings. The van der Waals surface area contributed by atoms with Gasteiger partial charge in [-0.2, -0.15) is 0 Å². The normalized spacial score (nSPS) is 21.5. The molecule has 2 aliphatic rings. The van der Waals surface area contributed by atoms with Crippen molar-refractivity contribution in [3.8, 4) is 0 Å². The lowest BCUT2D eigenvalue weighted by Gasteiger charge is -2.29. The maximum atomic E-state index is 13.1. The van der Waals surface area contributed by atoms with E-state index in [0.717, 1.165) is 56.3 Å². The molecule has 1 fully saturated rings. The van der Waals surface area contributed by atoms with Gasteiger partial charge in [0.05, 0.1) is 10.3 Å². The number of aryl methyl sites for hydroxylation is 2. The third-order valence-corrected chi connectivity index (χ3v) is 7.61. The van der Waals surface area contributed by atoms with Crippen molar-refractivity contribution in [3.05, 3.63) is 26.6 Å². The summed E-state index contributed by atoms with van der Waals surface area (Å²) in [5, 5.41) is 6.70. The molecule has 1 saturated carbocycles. The van der Waals surface area contributed by atoms with Crippen LogP contribution in [0, 0.1) is 12.8 Å². The van der Waals surface area contributed by atoms with Crippen molar-refractivity contribution in [2.45, 2.75) is 90.8 Å². The van der Waals surface area contributed by atoms with Crippen LogP contribution in [0.25, 0.3) is 10.2 Å². The number of thiophene rings is 1. The van der Waals surface area contributed by atoms with Crippen molar-refractivity contribution in [1.82, 2.24) is 20.2 Å². The Hall–Kier alpha value is -2.22. The molecule has 0 aromatic carbocycles. The first-order valence-corrected chi connectivity index (χ1v) is 12.3. The number of hydrogen-bond donors (Lipinski definition) is 2. The average molecular weight is 445 g/mol. The molecular formula is C23H32N4O3S. The summed E-state index contributed by atoms with van der Waals surface area (Å²) in [4.78, 5) is 44.6. The molecule has 0 radical (unpaired) electrons. The van der Waals surface area contributed by atoms with Crippen LogP contribution >= 0.6 is 11.3 Å². The van der Waals surface area contributed by atoms with E-state index in [1.54, 1.807) is 4.57 Å². The van der Waals surface area contributed by atoms with E-state index in [1.165, 1.54) is 11.3 Å². The number of carbonyl (C=O) groups excluding carboxylic acids is 2. The molecule has 2 unspecified atom stereocenters. The zero-order valence-corrected chi connectivity index (χ0v) is 19.4. The van der Waals surface area contributed by atoms with Gasteiger partial charge in [0.25, 0.3) is 11.5 Å². The van der Waals surface area contributed by atoms with Gasteiger partial charge in [0.1, 0.15) is 10.7 Å². The molecule has 2 amide bonds. The molecule has 2 N–H and O–H groups in total. The summed E-state index contributed by atoms with van der Waals surface area (Å²) < 4.78 is 1.80. The van der Waals surface area contributed by atoms with Crippen LogP contribution in [0.1, 0.15) is 79.9 Å². The van der Waals surface area contributed by atoms with Gasteiger partial charge in [-0.25, -0.2) is 4.98 Å². The summed E-state index contributed by atoms with van der Waals surface area (Å²) in [6.45, 7) is 6.47. The van der Waals surface area contributed by atoms with Gasteiger partial charge in [-0.1, -0.05) is 12.8 Å². The average Bonchev–Trinajstić information content (AvgIpc) is 2.89. The molecule has 0 spiro atoms. The number of amides is 2. The summed E-state index contributed by atoms with van der Waals surface area (Å²) in [7, 11) is 0. The Bertz CT molecular complexity index is 1060. The maximum absolute atomic E-state index is 13.1. The van der Waals surface area contributed by atoms with Crippen LogP contribution in [0.4, 0.5) is 0 Å². The number of hydrogen-bond acceptors (Lipinski definition) is 5. The van der Waals surface area contributed by atoms with Gasteiger partial charge in [0.2, 0.25) is 5.91 Å². The first kappa shape index (κ1) is 22.0. The van der Waals surface area contributed by atoms with Crippen LogP contribution in [0.3, 0.4) is 0 Å². The highest BCUT2D eigenvalue weighted by Gasteiger charge is 2.30. The second-order valence-electron chi connectivity index (χ2n) is 9.23. The third-order valence-electron chi connectivity index (χ3n) is 6.43. The molecule has 31 heavy (non-hydrogen) atoms. The topological polar surface area (TPSA) is 93.1 Å². The molecular weight excluding hydrogens is 412 g/mol. The Kier molecular flexibility index (Phi) is 6.46. The molecule has 168 valence electrons. The summed E-state index contributed by atoms with van der Waals surface area (Å²) in [6, 6.07) is 0.0880. The number of carbonyl (C=O) groups is 2. The van der Waals surface area contributed by atoms with Crippen molar-refractivity contribution in [2.24, 2.45) is 5.92 Å². The molecule has 2 atom stereocenters. The van der Waals surface area contributed by atoms with E-state index in [1.807, 2.05) is 20.8 Å². The van der Waals surface area contributed by atoms with Crippen molar-refractivity contribution in [2.75, 3.05) is 0 Å². The van der Waals surface area contributed by atoms with Crippen molar-refractivity contribution >= 4 is 33.4 Å². The Balaban J connectivity index is 1.54. The Labute approximate surface area is 186 Å². The lowest BCUT2D eigenvalue weighted by Crippen LogP contribution is -2.43. The third kappa shape index (κ3) is 4.54. The van der Waals surface area contributed by atoms with E-state index in [4.69, 9.17) is 4.98 Å². The number of nitrogens with one attached hydrogen (secondary N) is 2. The monoisotopic (exact) mass is 444 g/mol. The fourth-order valence-corrected chi connectivity index (χ4v) is 5.93. The number of aromatic nitrogens is 2. The van der Waals surface area contributed by atoms with E-state index >= 15 is 0 Å². The Morgan fingerprint density at radius 3 is 2.74 bits per heavy atom. The van der Waals surface area contributed by atoms with Crippen LogP contribution < -0.4 is 16.2 Å². The van der Waals surface area contributed by atoms with E-state index in [-0.39, 0.29) is 35.4 Å². The molecule has 7 nitrogen and oxygen atoms in total. The quantitative estimate of drug-likeness (QED) is 0.757. The lowest BCUT2D eigenvalue weighted by molar-refractivity contribution is -0.126. The maximum Gasteiger partial charge on any atom is 0.262 e. The number of nitrogens with zero attached hydrogens (tertiary/aromatic N) is 2. The fraction of sp³-hybridized carbons (Fsp3) is 0.652. The molecule has 1 aliphatic carbocycles. The Morgan fingerprint density at radius 2 is 1.97 bits per heavy atom. The number of rotatable bonds is 4. The highest BCUT2D eigenvalue weighted by atomic mass is 32.1. The Morgan fingerprint density at radius 1 is 1.16 bits per heavy atom. The highest BCUT2D eigenvalue weighted by Crippen LogP contribution is 2.30. The number of fused-ring (bicyclic) bond motifs is 2. The second kappa shape index (κ2) is 9.10. The van der Waals surface area contributed by atoms with E-state index in [0.29, 0.717) is 28.1 Å². The molecule has 3 heterocycles. The highest BCUT2D eigenvalue weighted by molar-refractivity contribution is 7.20. The van der Waals surface area contributed by atoms with Crippen LogP contribution in [-0.4, -0.2) is 33.4 Å². The second-order valence-corrected chi connectivity index (χ2v) is 10.2. The first-order chi connectivity index (χ1) is 14.8. The van der Waals surface area contributed by atoms with E-state index < -0.39 is 0 Å². The van der Waals surface area contributed by atoms with Gasteiger partial charge in [-0.15, -0.1) is 11.3 Å². The zero-order valence-electron chi connectivity index (χ0n) is 18.6. The van der Waals surface area contributed by atoms with Crippen LogP contribution in [0.5, 0.6) is 0 Å².